The molecule has 8 heteroatoms. The number of hydrogen-bond donors (Lipinski definition) is 3. The predicted octanol–water partition coefficient (Wildman–Crippen LogP) is 4.15. The molecule has 0 spiro atoms. The maximum atomic E-state index is 12.9. The Morgan fingerprint density at radius 2 is 1.76 bits per heavy atom. The Morgan fingerprint density at radius 3 is 2.57 bits per heavy atom. The second-order valence-electron chi connectivity index (χ2n) is 10.0. The van der Waals surface area contributed by atoms with E-state index < -0.39 is 18.3 Å². The number of allylic oxidation sites excluding steroid dienone is 1. The number of nitrogens with zero attached hydrogens (tertiary/aromatic N) is 2. The van der Waals surface area contributed by atoms with E-state index in [9.17, 15) is 20.1 Å². The maximum absolute atomic E-state index is 12.9. The Morgan fingerprint density at radius 1 is 0.973 bits per heavy atom. The summed E-state index contributed by atoms with van der Waals surface area (Å²) >= 11 is 6.26. The molecule has 200 valence electrons. The van der Waals surface area contributed by atoms with Crippen LogP contribution in [-0.2, 0) is 23.4 Å². The molecule has 1 amide bonds. The van der Waals surface area contributed by atoms with Crippen molar-refractivity contribution in [3.63, 3.8) is 0 Å². The molecule has 0 saturated heterocycles. The SMILES string of the molecule is CN1CC/C=C\CCCN2CCCCc3cc(Cl)ccc3COc3ccc(cc32)[C@](O)(C(O)O)CC1=O. The van der Waals surface area contributed by atoms with Crippen LogP contribution in [-0.4, -0.2) is 59.1 Å². The summed E-state index contributed by atoms with van der Waals surface area (Å²) in [6.07, 6.45) is 7.01. The van der Waals surface area contributed by atoms with Crippen LogP contribution in [0, 0.1) is 0 Å². The van der Waals surface area contributed by atoms with E-state index in [4.69, 9.17) is 16.3 Å². The summed E-state index contributed by atoms with van der Waals surface area (Å²) < 4.78 is 6.32. The number of benzene rings is 2. The first-order valence-electron chi connectivity index (χ1n) is 13.0. The molecular weight excluding hydrogens is 492 g/mol. The zero-order valence-electron chi connectivity index (χ0n) is 21.4. The molecule has 2 aliphatic rings. The zero-order valence-corrected chi connectivity index (χ0v) is 22.2. The first kappa shape index (κ1) is 27.5. The summed E-state index contributed by atoms with van der Waals surface area (Å²) in [4.78, 5) is 16.7. The Balaban J connectivity index is 1.76. The van der Waals surface area contributed by atoms with Crippen molar-refractivity contribution in [1.29, 1.82) is 0 Å². The number of anilines is 1. The molecular formula is C29H37ClN2O5. The molecule has 1 atom stereocenters. The third-order valence-corrected chi connectivity index (χ3v) is 7.58. The number of carbonyl (C=O) groups excluding carboxylic acids is 1. The fraction of sp³-hybridized carbons (Fsp3) is 0.483. The first-order valence-corrected chi connectivity index (χ1v) is 13.4. The molecule has 7 nitrogen and oxygen atoms in total. The van der Waals surface area contributed by atoms with Crippen molar-refractivity contribution in [1.82, 2.24) is 4.90 Å². The van der Waals surface area contributed by atoms with Gasteiger partial charge in [-0.1, -0.05) is 35.9 Å². The number of carbonyl (C=O) groups is 1. The number of hydrogen-bond acceptors (Lipinski definition) is 6. The molecule has 37 heavy (non-hydrogen) atoms. The van der Waals surface area contributed by atoms with Crippen LogP contribution in [0.3, 0.4) is 0 Å². The van der Waals surface area contributed by atoms with Gasteiger partial charge in [0.25, 0.3) is 0 Å². The number of amides is 1. The molecule has 0 fully saturated rings. The summed E-state index contributed by atoms with van der Waals surface area (Å²) in [5.74, 6) is 0.281. The van der Waals surface area contributed by atoms with Gasteiger partial charge in [0.1, 0.15) is 18.0 Å². The summed E-state index contributed by atoms with van der Waals surface area (Å²) in [6.45, 7) is 2.42. The van der Waals surface area contributed by atoms with E-state index in [1.807, 2.05) is 18.2 Å². The summed E-state index contributed by atoms with van der Waals surface area (Å²) in [5, 5.41) is 32.6. The zero-order chi connectivity index (χ0) is 26.4. The number of aliphatic hydroxyl groups excluding tert-OH is 1. The van der Waals surface area contributed by atoms with E-state index in [0.717, 1.165) is 56.4 Å². The molecule has 0 aromatic heterocycles. The van der Waals surface area contributed by atoms with E-state index >= 15 is 0 Å². The van der Waals surface area contributed by atoms with Crippen LogP contribution in [0.15, 0.2) is 48.6 Å². The standard InChI is InChI=1S/C29H37ClN2O5/c1-31-14-6-3-2-4-7-15-32-16-8-5-9-21-17-24(30)12-10-22(21)20-37-26-13-11-23(18-25(26)32)29(36,28(34)35)19-27(31)33/h2-3,10-13,17-18,28,34-36H,4-9,14-16,19-20H2,1H3/b3-2-/t29-/m0/s1. The topological polar surface area (TPSA) is 93.5 Å². The van der Waals surface area contributed by atoms with E-state index in [0.29, 0.717) is 30.3 Å². The average molecular weight is 529 g/mol. The van der Waals surface area contributed by atoms with Gasteiger partial charge in [-0.25, -0.2) is 0 Å². The predicted molar refractivity (Wildman–Crippen MR) is 145 cm³/mol. The van der Waals surface area contributed by atoms with Crippen molar-refractivity contribution in [2.75, 3.05) is 31.6 Å². The highest BCUT2D eigenvalue weighted by Crippen LogP contribution is 2.38. The minimum absolute atomic E-state index is 0.270. The lowest BCUT2D eigenvalue weighted by molar-refractivity contribution is -0.197. The minimum atomic E-state index is -2.16. The lowest BCUT2D eigenvalue weighted by atomic mass is 9.88. The van der Waals surface area contributed by atoms with E-state index in [1.54, 1.807) is 25.2 Å². The average Bonchev–Trinajstić information content (AvgIpc) is 2.90. The van der Waals surface area contributed by atoms with E-state index in [2.05, 4.69) is 17.1 Å². The number of fused-ring (bicyclic) bond motifs is 2. The Hall–Kier alpha value is -2.58. The van der Waals surface area contributed by atoms with Crippen molar-refractivity contribution in [2.45, 2.75) is 63.4 Å². The second-order valence-corrected chi connectivity index (χ2v) is 10.5. The van der Waals surface area contributed by atoms with Crippen LogP contribution in [0.4, 0.5) is 5.69 Å². The van der Waals surface area contributed by atoms with Crippen LogP contribution in [0.1, 0.15) is 55.2 Å². The third-order valence-electron chi connectivity index (χ3n) is 7.35. The molecule has 4 rings (SSSR count). The fourth-order valence-corrected chi connectivity index (χ4v) is 5.18. The van der Waals surface area contributed by atoms with Crippen LogP contribution < -0.4 is 9.64 Å². The molecule has 0 radical (unpaired) electrons. The second kappa shape index (κ2) is 12.3. The van der Waals surface area contributed by atoms with Gasteiger partial charge >= 0.3 is 0 Å². The molecule has 2 aromatic carbocycles. The van der Waals surface area contributed by atoms with Crippen LogP contribution in [0.2, 0.25) is 5.02 Å². The van der Waals surface area contributed by atoms with Crippen LogP contribution in [0.25, 0.3) is 0 Å². The van der Waals surface area contributed by atoms with Gasteiger partial charge in [-0.3, -0.25) is 4.79 Å². The lowest BCUT2D eigenvalue weighted by Crippen LogP contribution is -2.44. The van der Waals surface area contributed by atoms with Gasteiger partial charge in [0.2, 0.25) is 5.91 Å². The highest BCUT2D eigenvalue weighted by Gasteiger charge is 2.40. The number of ether oxygens (including phenoxy) is 1. The number of aryl methyl sites for hydroxylation is 1. The molecule has 0 unspecified atom stereocenters. The molecule has 2 heterocycles. The third kappa shape index (κ3) is 6.65. The number of rotatable bonds is 1. The normalized spacial score (nSPS) is 22.8. The van der Waals surface area contributed by atoms with Gasteiger partial charge in [-0.2, -0.15) is 0 Å². The fourth-order valence-electron chi connectivity index (χ4n) is 4.99. The Labute approximate surface area is 223 Å². The largest absolute Gasteiger partial charge is 0.487 e. The smallest absolute Gasteiger partial charge is 0.225 e. The molecule has 2 bridgehead atoms. The summed E-state index contributed by atoms with van der Waals surface area (Å²) in [6, 6.07) is 11.0. The first-order chi connectivity index (χ1) is 17.8. The minimum Gasteiger partial charge on any atom is -0.487 e. The maximum Gasteiger partial charge on any atom is 0.225 e. The highest BCUT2D eigenvalue weighted by molar-refractivity contribution is 6.30. The Bertz CT molecular complexity index is 1120. The quantitative estimate of drug-likeness (QED) is 0.380. The molecule has 0 saturated carbocycles. The van der Waals surface area contributed by atoms with Gasteiger partial charge in [-0.05, 0) is 79.5 Å². The van der Waals surface area contributed by atoms with Crippen molar-refractivity contribution >= 4 is 23.2 Å². The van der Waals surface area contributed by atoms with E-state index in [-0.39, 0.29) is 11.5 Å². The van der Waals surface area contributed by atoms with Gasteiger partial charge in [0.15, 0.2) is 6.29 Å². The van der Waals surface area contributed by atoms with Crippen molar-refractivity contribution in [3.05, 3.63) is 70.3 Å². The molecule has 2 aliphatic heterocycles. The molecule has 2 aromatic rings. The number of halogens is 1. The van der Waals surface area contributed by atoms with Crippen molar-refractivity contribution in [2.24, 2.45) is 0 Å². The van der Waals surface area contributed by atoms with Crippen LogP contribution in [0.5, 0.6) is 5.75 Å². The van der Waals surface area contributed by atoms with Gasteiger partial charge < -0.3 is 29.9 Å². The highest BCUT2D eigenvalue weighted by atomic mass is 35.5. The summed E-state index contributed by atoms with van der Waals surface area (Å²) in [7, 11) is 1.66. The van der Waals surface area contributed by atoms with Crippen LogP contribution >= 0.6 is 11.6 Å². The molecule has 0 aliphatic carbocycles. The summed E-state index contributed by atoms with van der Waals surface area (Å²) in [5.41, 5.74) is 1.14. The van der Waals surface area contributed by atoms with Crippen molar-refractivity contribution < 1.29 is 24.9 Å². The van der Waals surface area contributed by atoms with Crippen molar-refractivity contribution in [3.8, 4) is 5.75 Å². The Kier molecular flexibility index (Phi) is 9.13. The van der Waals surface area contributed by atoms with Gasteiger partial charge in [-0.15, -0.1) is 0 Å². The lowest BCUT2D eigenvalue weighted by Gasteiger charge is -2.33. The van der Waals surface area contributed by atoms with Gasteiger partial charge in [0.05, 0.1) is 12.1 Å². The van der Waals surface area contributed by atoms with E-state index in [1.165, 1.54) is 10.5 Å². The number of aliphatic hydroxyl groups is 3. The molecule has 3 N–H and O–H groups in total. The van der Waals surface area contributed by atoms with Gasteiger partial charge in [0, 0.05) is 31.7 Å². The monoisotopic (exact) mass is 528 g/mol.